The van der Waals surface area contributed by atoms with E-state index >= 15 is 0 Å². The maximum Gasteiger partial charge on any atom is 0.631 e. The Morgan fingerprint density at radius 2 is 0.571 bits per heavy atom. The van der Waals surface area contributed by atoms with Crippen molar-refractivity contribution in [1.82, 2.24) is 0 Å². The zero-order valence-electron chi connectivity index (χ0n) is 14.9. The van der Waals surface area contributed by atoms with Crippen LogP contribution in [-0.4, -0.2) is 37.7 Å². The van der Waals surface area contributed by atoms with Crippen LogP contribution in [0.1, 0.15) is 0 Å². The smallest absolute Gasteiger partial charge is 0.508 e. The molecule has 28 heavy (non-hydrogen) atoms. The van der Waals surface area contributed by atoms with Crippen molar-refractivity contribution in [1.29, 1.82) is 0 Å². The molecule has 0 bridgehead atoms. The summed E-state index contributed by atoms with van der Waals surface area (Å²) in [6, 6.07) is 19.2. The number of nitrogen functional groups attached to an aromatic ring is 3. The molecule has 3 aromatic rings. The fourth-order valence-electron chi connectivity index (χ4n) is 1.42. The predicted octanol–water partition coefficient (Wildman–Crippen LogP) is 0.871. The van der Waals surface area contributed by atoms with Crippen molar-refractivity contribution in [3.63, 3.8) is 0 Å². The van der Waals surface area contributed by atoms with Gasteiger partial charge in [0.05, 0.1) is 0 Å². The van der Waals surface area contributed by atoms with E-state index in [0.717, 1.165) is 0 Å². The third-order valence-corrected chi connectivity index (χ3v) is 2.68. The second kappa shape index (κ2) is 13.6. The number of anilines is 3. The molecule has 0 unspecified atom stereocenters. The summed E-state index contributed by atoms with van der Waals surface area (Å²) in [5.41, 5.74) is 18.0. The van der Waals surface area contributed by atoms with Crippen LogP contribution in [0.25, 0.3) is 0 Å². The third kappa shape index (κ3) is 14.7. The van der Waals surface area contributed by atoms with Crippen molar-refractivity contribution >= 4 is 24.4 Å². The summed E-state index contributed by atoms with van der Waals surface area (Å²) in [5.74, 6) is 0.748. The van der Waals surface area contributed by atoms with Crippen molar-refractivity contribution in [3.05, 3.63) is 72.8 Å². The Kier molecular flexibility index (Phi) is 11.8. The first-order chi connectivity index (χ1) is 13.1. The highest BCUT2D eigenvalue weighted by Crippen LogP contribution is 2.10. The van der Waals surface area contributed by atoms with Gasteiger partial charge in [-0.3, -0.25) is 0 Å². The molecular formula is C18H24BN3O6. The first-order valence-corrected chi connectivity index (χ1v) is 7.78. The van der Waals surface area contributed by atoms with Crippen molar-refractivity contribution in [2.45, 2.75) is 0 Å². The van der Waals surface area contributed by atoms with E-state index in [1.807, 2.05) is 0 Å². The van der Waals surface area contributed by atoms with Crippen LogP contribution in [0.3, 0.4) is 0 Å². The minimum absolute atomic E-state index is 0.249. The van der Waals surface area contributed by atoms with Crippen molar-refractivity contribution < 1.29 is 30.4 Å². The van der Waals surface area contributed by atoms with Gasteiger partial charge in [-0.25, -0.2) is 0 Å². The largest absolute Gasteiger partial charge is 0.631 e. The predicted molar refractivity (Wildman–Crippen MR) is 110 cm³/mol. The zero-order valence-corrected chi connectivity index (χ0v) is 14.9. The number of aromatic hydroxyl groups is 3. The van der Waals surface area contributed by atoms with E-state index in [-0.39, 0.29) is 17.2 Å². The van der Waals surface area contributed by atoms with E-state index in [0.29, 0.717) is 17.1 Å². The fourth-order valence-corrected chi connectivity index (χ4v) is 1.42. The van der Waals surface area contributed by atoms with Gasteiger partial charge in [0, 0.05) is 17.1 Å². The van der Waals surface area contributed by atoms with Crippen molar-refractivity contribution in [2.24, 2.45) is 0 Å². The molecule has 0 spiro atoms. The summed E-state index contributed by atoms with van der Waals surface area (Å²) in [5, 5.41) is 47.6. The zero-order chi connectivity index (χ0) is 21.5. The molecule has 0 amide bonds. The average molecular weight is 389 g/mol. The number of hydrogen-bond donors (Lipinski definition) is 9. The van der Waals surface area contributed by atoms with E-state index in [4.69, 9.17) is 47.6 Å². The molecule has 0 saturated heterocycles. The fraction of sp³-hybridized carbons (Fsp3) is 0. The van der Waals surface area contributed by atoms with Gasteiger partial charge in [0.2, 0.25) is 0 Å². The van der Waals surface area contributed by atoms with Crippen LogP contribution >= 0.6 is 0 Å². The molecule has 0 fully saturated rings. The summed E-state index contributed by atoms with van der Waals surface area (Å²) in [6.07, 6.45) is 0. The average Bonchev–Trinajstić information content (AvgIpc) is 2.63. The number of hydrogen-bond acceptors (Lipinski definition) is 9. The van der Waals surface area contributed by atoms with E-state index in [1.165, 1.54) is 0 Å². The van der Waals surface area contributed by atoms with Crippen LogP contribution in [0.4, 0.5) is 17.1 Å². The summed E-state index contributed by atoms with van der Waals surface area (Å²) in [6.45, 7) is 0. The molecule has 0 aliphatic carbocycles. The summed E-state index contributed by atoms with van der Waals surface area (Å²) >= 11 is 0. The van der Waals surface area contributed by atoms with Gasteiger partial charge in [0.15, 0.2) is 0 Å². The lowest BCUT2D eigenvalue weighted by molar-refractivity contribution is 0.278. The summed E-state index contributed by atoms with van der Waals surface area (Å²) in [7, 11) is -2.17. The summed E-state index contributed by atoms with van der Waals surface area (Å²) in [4.78, 5) is 0. The highest BCUT2D eigenvalue weighted by Gasteiger charge is 1.92. The molecule has 3 aromatic carbocycles. The topological polar surface area (TPSA) is 199 Å². The first-order valence-electron chi connectivity index (χ1n) is 7.78. The second-order valence-electron chi connectivity index (χ2n) is 5.12. The van der Waals surface area contributed by atoms with E-state index in [9.17, 15) is 0 Å². The monoisotopic (exact) mass is 389 g/mol. The van der Waals surface area contributed by atoms with Crippen molar-refractivity contribution in [2.75, 3.05) is 17.2 Å². The maximum absolute atomic E-state index is 8.70. The number of phenols is 3. The Balaban J connectivity index is 0.000000358. The molecule has 0 heterocycles. The molecule has 0 saturated carbocycles. The van der Waals surface area contributed by atoms with Gasteiger partial charge in [0.25, 0.3) is 0 Å². The SMILES string of the molecule is Nc1ccc(O)cc1.Nc1ccc(O)cc1.Nc1ccc(O)cc1.OB(O)O. The van der Waals surface area contributed by atoms with Crippen LogP contribution in [0, 0.1) is 0 Å². The molecule has 3 rings (SSSR count). The Bertz CT molecular complexity index is 600. The Morgan fingerprint density at radius 3 is 0.679 bits per heavy atom. The standard InChI is InChI=1S/3C6H7NO.BH3O3/c3*7-5-1-3-6(8)4-2-5;2-1(3)4/h3*1-4,8H,7H2;2-4H. The highest BCUT2D eigenvalue weighted by molar-refractivity contribution is 6.30. The molecule has 0 aliphatic rings. The molecule has 0 radical (unpaired) electrons. The number of rotatable bonds is 0. The van der Waals surface area contributed by atoms with Crippen molar-refractivity contribution in [3.8, 4) is 17.2 Å². The van der Waals surface area contributed by atoms with Crippen LogP contribution in [0.15, 0.2) is 72.8 Å². The Labute approximate surface area is 162 Å². The number of phenolic OH excluding ortho intramolecular Hbond substituents is 3. The summed E-state index contributed by atoms with van der Waals surface area (Å²) < 4.78 is 0. The highest BCUT2D eigenvalue weighted by atomic mass is 16.5. The Morgan fingerprint density at radius 1 is 0.429 bits per heavy atom. The van der Waals surface area contributed by atoms with Gasteiger partial charge < -0.3 is 47.6 Å². The van der Waals surface area contributed by atoms with Gasteiger partial charge in [-0.15, -0.1) is 0 Å². The third-order valence-electron chi connectivity index (χ3n) is 2.68. The molecular weight excluding hydrogens is 365 g/mol. The van der Waals surface area contributed by atoms with Gasteiger partial charge in [-0.05, 0) is 72.8 Å². The lowest BCUT2D eigenvalue weighted by Gasteiger charge is -1.89. The lowest BCUT2D eigenvalue weighted by Crippen LogP contribution is -2.07. The van der Waals surface area contributed by atoms with Crippen LogP contribution in [0.2, 0.25) is 0 Å². The molecule has 0 aliphatic heterocycles. The molecule has 150 valence electrons. The molecule has 12 N–H and O–H groups in total. The number of nitrogens with two attached hydrogens (primary N) is 3. The molecule has 0 atom stereocenters. The van der Waals surface area contributed by atoms with E-state index in [1.54, 1.807) is 72.8 Å². The number of benzene rings is 3. The van der Waals surface area contributed by atoms with E-state index < -0.39 is 7.32 Å². The second-order valence-corrected chi connectivity index (χ2v) is 5.12. The quantitative estimate of drug-likeness (QED) is 0.152. The maximum atomic E-state index is 8.70. The van der Waals surface area contributed by atoms with Gasteiger partial charge in [-0.1, -0.05) is 0 Å². The van der Waals surface area contributed by atoms with Gasteiger partial charge in [0.1, 0.15) is 17.2 Å². The minimum atomic E-state index is -2.17. The minimum Gasteiger partial charge on any atom is -0.508 e. The van der Waals surface area contributed by atoms with Gasteiger partial charge in [-0.2, -0.15) is 0 Å². The van der Waals surface area contributed by atoms with Crippen LogP contribution in [-0.2, 0) is 0 Å². The van der Waals surface area contributed by atoms with E-state index in [2.05, 4.69) is 0 Å². The van der Waals surface area contributed by atoms with Crippen LogP contribution < -0.4 is 17.2 Å². The molecule has 10 heteroatoms. The van der Waals surface area contributed by atoms with Gasteiger partial charge >= 0.3 is 7.32 Å². The van der Waals surface area contributed by atoms with Crippen LogP contribution in [0.5, 0.6) is 17.2 Å². The normalized spacial score (nSPS) is 8.68. The Hall–Kier alpha value is -3.60. The lowest BCUT2D eigenvalue weighted by atomic mass is 10.3. The first kappa shape index (κ1) is 24.4. The molecule has 9 nitrogen and oxygen atoms in total. The molecule has 0 aromatic heterocycles.